The van der Waals surface area contributed by atoms with Crippen molar-refractivity contribution in [1.82, 2.24) is 16.0 Å². The Hall–Kier alpha value is -6.10. The zero-order valence-electron chi connectivity index (χ0n) is 31.0. The molecule has 8 nitrogen and oxygen atoms in total. The number of rotatable bonds is 12. The van der Waals surface area contributed by atoms with Gasteiger partial charge >= 0.3 is 12.1 Å². The number of esters is 1. The van der Waals surface area contributed by atoms with Crippen LogP contribution >= 0.6 is 23.5 Å². The second-order valence-electron chi connectivity index (χ2n) is 13.4. The molecule has 2 aliphatic rings. The van der Waals surface area contributed by atoms with Crippen molar-refractivity contribution < 1.29 is 23.9 Å². The molecule has 58 heavy (non-hydrogen) atoms. The Labute approximate surface area is 348 Å². The molecule has 0 saturated carbocycles. The van der Waals surface area contributed by atoms with E-state index in [-0.39, 0.29) is 25.8 Å². The molecule has 3 amide bonds. The molecule has 0 unspecified atom stereocenters. The van der Waals surface area contributed by atoms with Crippen molar-refractivity contribution in [2.45, 2.75) is 29.0 Å². The summed E-state index contributed by atoms with van der Waals surface area (Å²) < 4.78 is 3.62. The maximum Gasteiger partial charge on any atom is 0.415 e. The largest absolute Gasteiger partial charge is 0.415 e. The molecular weight excluding hydrogens is 763 g/mol. The predicted octanol–water partition coefficient (Wildman–Crippen LogP) is 8.31. The van der Waals surface area contributed by atoms with E-state index >= 15 is 0 Å². The standard InChI is InChI=1S/C24H22N2O2S.C23H19NO3S.CH4/c27-22-16-25-23(28)21(26-22)17-29-24(18-10-4-1-5-11-18,19-12-6-2-7-13-19)20-14-8-3-9-15-20;25-21-20(24-22(26)27-21)16-28-23(17-10-4-1-5-11-17,18-12-6-2-7-13-18)19-14-8-3-9-15-19;/h1-15,21H,16-17H2,(H,25,28)(H,26,27);1-15,20H,16H2,(H,24,26);1H4/t21-;20-;/m10./s1. The van der Waals surface area contributed by atoms with Gasteiger partial charge in [0.1, 0.15) is 12.1 Å². The van der Waals surface area contributed by atoms with Crippen molar-refractivity contribution >= 4 is 47.4 Å². The van der Waals surface area contributed by atoms with Crippen molar-refractivity contribution in [1.29, 1.82) is 0 Å². The summed E-state index contributed by atoms with van der Waals surface area (Å²) in [6.07, 6.45) is -0.680. The minimum Gasteiger partial charge on any atom is -0.375 e. The molecular formula is C48H45N3O5S2. The first kappa shape index (κ1) is 41.5. The van der Waals surface area contributed by atoms with Gasteiger partial charge in [-0.05, 0) is 33.4 Å². The van der Waals surface area contributed by atoms with E-state index in [2.05, 4.69) is 93.5 Å². The van der Waals surface area contributed by atoms with E-state index in [9.17, 15) is 19.2 Å². The van der Waals surface area contributed by atoms with Crippen LogP contribution in [0.1, 0.15) is 40.8 Å². The molecule has 2 saturated heterocycles. The van der Waals surface area contributed by atoms with Gasteiger partial charge in [-0.2, -0.15) is 0 Å². The molecule has 6 aromatic rings. The number of hydrogen-bond donors (Lipinski definition) is 3. The Kier molecular flexibility index (Phi) is 13.9. The molecule has 0 aromatic heterocycles. The van der Waals surface area contributed by atoms with E-state index in [4.69, 9.17) is 0 Å². The van der Waals surface area contributed by atoms with Crippen LogP contribution in [0.3, 0.4) is 0 Å². The molecule has 10 heteroatoms. The highest BCUT2D eigenvalue weighted by Crippen LogP contribution is 2.50. The van der Waals surface area contributed by atoms with Gasteiger partial charge in [-0.25, -0.2) is 9.59 Å². The van der Waals surface area contributed by atoms with Crippen LogP contribution in [-0.2, 0) is 28.6 Å². The molecule has 2 aliphatic heterocycles. The zero-order valence-corrected chi connectivity index (χ0v) is 32.6. The molecule has 3 N–H and O–H groups in total. The lowest BCUT2D eigenvalue weighted by Gasteiger charge is -2.37. The number of ether oxygens (including phenoxy) is 1. The van der Waals surface area contributed by atoms with Gasteiger partial charge in [-0.1, -0.05) is 189 Å². The number of benzene rings is 6. The Morgan fingerprint density at radius 2 is 0.776 bits per heavy atom. The van der Waals surface area contributed by atoms with Crippen molar-refractivity contribution in [2.24, 2.45) is 0 Å². The first-order valence-corrected chi connectivity index (χ1v) is 20.6. The fourth-order valence-corrected chi connectivity index (χ4v) is 10.3. The highest BCUT2D eigenvalue weighted by molar-refractivity contribution is 8.01. The number of thioether (sulfide) groups is 2. The minimum atomic E-state index is -0.680. The lowest BCUT2D eigenvalue weighted by Crippen LogP contribution is -2.57. The summed E-state index contributed by atoms with van der Waals surface area (Å²) in [6, 6.07) is 60.3. The van der Waals surface area contributed by atoms with Crippen molar-refractivity contribution in [2.75, 3.05) is 18.1 Å². The van der Waals surface area contributed by atoms with Crippen LogP contribution in [0.15, 0.2) is 182 Å². The summed E-state index contributed by atoms with van der Waals surface area (Å²) in [5, 5.41) is 8.09. The van der Waals surface area contributed by atoms with E-state index in [0.717, 1.165) is 33.4 Å². The topological polar surface area (TPSA) is 114 Å². The second-order valence-corrected chi connectivity index (χ2v) is 15.9. The highest BCUT2D eigenvalue weighted by atomic mass is 32.2. The van der Waals surface area contributed by atoms with Gasteiger partial charge in [0.05, 0.1) is 16.0 Å². The summed E-state index contributed by atoms with van der Waals surface area (Å²) in [4.78, 5) is 47.6. The Morgan fingerprint density at radius 3 is 1.07 bits per heavy atom. The summed E-state index contributed by atoms with van der Waals surface area (Å²) in [7, 11) is 0. The van der Waals surface area contributed by atoms with E-state index in [1.807, 2.05) is 109 Å². The van der Waals surface area contributed by atoms with Gasteiger partial charge in [-0.15, -0.1) is 23.5 Å². The Morgan fingerprint density at radius 1 is 0.466 bits per heavy atom. The third-order valence-electron chi connectivity index (χ3n) is 9.86. The molecule has 294 valence electrons. The van der Waals surface area contributed by atoms with Gasteiger partial charge in [-0.3, -0.25) is 9.59 Å². The number of alkyl carbamates (subject to hydrolysis) is 1. The minimum absolute atomic E-state index is 0. The number of hydrogen-bond acceptors (Lipinski definition) is 7. The lowest BCUT2D eigenvalue weighted by molar-refractivity contribution is -0.134. The average Bonchev–Trinajstić information content (AvgIpc) is 3.60. The third-order valence-corrected chi connectivity index (χ3v) is 13.1. The monoisotopic (exact) mass is 807 g/mol. The van der Waals surface area contributed by atoms with Crippen LogP contribution in [0.2, 0.25) is 0 Å². The van der Waals surface area contributed by atoms with Gasteiger partial charge in [0.25, 0.3) is 0 Å². The fraction of sp³-hybridized carbons (Fsp3) is 0.167. The van der Waals surface area contributed by atoms with Crippen LogP contribution in [-0.4, -0.2) is 54.0 Å². The Bertz CT molecular complexity index is 2070. The molecule has 6 aromatic carbocycles. The molecule has 2 atom stereocenters. The molecule has 8 rings (SSSR count). The van der Waals surface area contributed by atoms with Crippen molar-refractivity contribution in [3.05, 3.63) is 215 Å². The number of carbonyl (C=O) groups is 4. The quantitative estimate of drug-likeness (QED) is 0.0648. The zero-order chi connectivity index (χ0) is 39.5. The average molecular weight is 808 g/mol. The van der Waals surface area contributed by atoms with Gasteiger partial charge in [0.15, 0.2) is 0 Å². The van der Waals surface area contributed by atoms with Gasteiger partial charge in [0.2, 0.25) is 11.8 Å². The lowest BCUT2D eigenvalue weighted by atomic mass is 9.84. The predicted molar refractivity (Wildman–Crippen MR) is 233 cm³/mol. The molecule has 0 spiro atoms. The number of nitrogens with one attached hydrogen (secondary N) is 3. The molecule has 0 bridgehead atoms. The summed E-state index contributed by atoms with van der Waals surface area (Å²) >= 11 is 3.28. The van der Waals surface area contributed by atoms with E-state index in [0.29, 0.717) is 11.5 Å². The van der Waals surface area contributed by atoms with E-state index in [1.54, 1.807) is 23.5 Å². The SMILES string of the molecule is C.O=C1CNC(=O)[C@@H](CSC(c2ccccc2)(c2ccccc2)c2ccccc2)N1.O=C1N[C@@H](CSC(c2ccccc2)(c2ccccc2)c2ccccc2)C(=O)O1. The molecule has 0 aliphatic carbocycles. The van der Waals surface area contributed by atoms with Gasteiger partial charge in [0, 0.05) is 11.5 Å². The maximum absolute atomic E-state index is 12.3. The van der Waals surface area contributed by atoms with Crippen LogP contribution < -0.4 is 16.0 Å². The van der Waals surface area contributed by atoms with Crippen LogP contribution in [0.25, 0.3) is 0 Å². The second kappa shape index (κ2) is 19.4. The van der Waals surface area contributed by atoms with Crippen molar-refractivity contribution in [3.63, 3.8) is 0 Å². The van der Waals surface area contributed by atoms with Crippen molar-refractivity contribution in [3.8, 4) is 0 Å². The number of amides is 3. The summed E-state index contributed by atoms with van der Waals surface area (Å²) in [6.45, 7) is 0.0429. The van der Waals surface area contributed by atoms with Crippen LogP contribution in [0.5, 0.6) is 0 Å². The number of cyclic esters (lactones) is 2. The number of carbonyl (C=O) groups excluding carboxylic acids is 4. The van der Waals surface area contributed by atoms with E-state index < -0.39 is 33.6 Å². The summed E-state index contributed by atoms with van der Waals surface area (Å²) in [5.74, 6) is 0.0279. The van der Waals surface area contributed by atoms with Crippen LogP contribution in [0.4, 0.5) is 4.79 Å². The summed E-state index contributed by atoms with van der Waals surface area (Å²) in [5.41, 5.74) is 6.71. The molecule has 2 heterocycles. The normalized spacial score (nSPS) is 16.3. The smallest absolute Gasteiger partial charge is 0.375 e. The number of piperazine rings is 1. The molecule has 0 radical (unpaired) electrons. The van der Waals surface area contributed by atoms with E-state index in [1.165, 1.54) is 0 Å². The molecule has 2 fully saturated rings. The fourth-order valence-electron chi connectivity index (χ4n) is 7.18. The first-order valence-electron chi connectivity index (χ1n) is 18.6. The van der Waals surface area contributed by atoms with Gasteiger partial charge < -0.3 is 20.7 Å². The third kappa shape index (κ3) is 9.04. The maximum atomic E-state index is 12.3. The Balaban J connectivity index is 0.000000192. The highest BCUT2D eigenvalue weighted by Gasteiger charge is 2.41. The van der Waals surface area contributed by atoms with Crippen LogP contribution in [0, 0.1) is 0 Å². The first-order chi connectivity index (χ1) is 27.9.